The Morgan fingerprint density at radius 3 is 2.13 bits per heavy atom. The van der Waals surface area contributed by atoms with Crippen LogP contribution in [0, 0.1) is 40.4 Å². The second-order valence-corrected chi connectivity index (χ2v) is 16.2. The highest BCUT2D eigenvalue weighted by atomic mass is 35.5. The van der Waals surface area contributed by atoms with E-state index in [4.69, 9.17) is 33.7 Å². The van der Waals surface area contributed by atoms with Crippen molar-refractivity contribution in [1.82, 2.24) is 9.38 Å². The van der Waals surface area contributed by atoms with Crippen LogP contribution in [0.25, 0.3) is 22.5 Å². The average Bonchev–Trinajstić information content (AvgIpc) is 3.22. The van der Waals surface area contributed by atoms with Gasteiger partial charge in [0.2, 0.25) is 0 Å². The van der Waals surface area contributed by atoms with Gasteiger partial charge in [0.25, 0.3) is 5.56 Å². The lowest BCUT2D eigenvalue weighted by molar-refractivity contribution is -0.152. The highest BCUT2D eigenvalue weighted by Gasteiger charge is 2.50. The summed E-state index contributed by atoms with van der Waals surface area (Å²) in [5, 5.41) is 11.8. The van der Waals surface area contributed by atoms with Crippen molar-refractivity contribution in [2.24, 2.45) is 40.4 Å². The van der Waals surface area contributed by atoms with E-state index in [9.17, 15) is 14.7 Å². The number of halogens is 2. The minimum absolute atomic E-state index is 0.0188. The van der Waals surface area contributed by atoms with E-state index >= 15 is 0 Å². The Morgan fingerprint density at radius 1 is 1.07 bits per heavy atom. The van der Waals surface area contributed by atoms with Crippen molar-refractivity contribution in [3.63, 3.8) is 0 Å². The summed E-state index contributed by atoms with van der Waals surface area (Å²) in [7, 11) is 0. The van der Waals surface area contributed by atoms with Crippen LogP contribution in [0.4, 0.5) is 5.82 Å². The van der Waals surface area contributed by atoms with Gasteiger partial charge >= 0.3 is 5.97 Å². The minimum atomic E-state index is -0.607. The van der Waals surface area contributed by atoms with E-state index in [0.29, 0.717) is 34.9 Å². The lowest BCUT2D eigenvalue weighted by atomic mass is 9.55. The van der Waals surface area contributed by atoms with Gasteiger partial charge in [0.1, 0.15) is 21.9 Å². The quantitative estimate of drug-likeness (QED) is 0.231. The molecule has 1 aromatic carbocycles. The summed E-state index contributed by atoms with van der Waals surface area (Å²) in [6.45, 7) is 19.4. The molecule has 252 valence electrons. The molecule has 1 fully saturated rings. The van der Waals surface area contributed by atoms with Gasteiger partial charge in [0, 0.05) is 10.9 Å². The number of aromatic nitrogens is 2. The first-order chi connectivity index (χ1) is 21.4. The predicted octanol–water partition coefficient (Wildman–Crippen LogP) is 9.13. The number of aliphatic hydroxyl groups is 1. The fourth-order valence-corrected chi connectivity index (χ4v) is 7.88. The predicted molar refractivity (Wildman–Crippen MR) is 189 cm³/mol. The van der Waals surface area contributed by atoms with Crippen molar-refractivity contribution in [2.45, 2.75) is 101 Å². The van der Waals surface area contributed by atoms with Gasteiger partial charge < -0.3 is 15.6 Å². The molecule has 3 N–H and O–H groups in total. The molecule has 3 atom stereocenters. The number of rotatable bonds is 8. The number of carbonyl (C=O) groups is 1. The topological polar surface area (TPSA) is 107 Å². The SMILES string of the molecule is CCCCC(CC)C(O)=c1c(N)nc2c(OC(=O)C3C(C(C)(C)C)CC(C)CC3C(C)(C)C)c(-c3ccc(Cl)cc3)c(Cl)n2c1=O. The van der Waals surface area contributed by atoms with Gasteiger partial charge in [-0.25, -0.2) is 9.38 Å². The lowest BCUT2D eigenvalue weighted by Crippen LogP contribution is -2.48. The van der Waals surface area contributed by atoms with E-state index in [-0.39, 0.29) is 67.9 Å². The van der Waals surface area contributed by atoms with E-state index in [2.05, 4.69) is 60.4 Å². The normalized spacial score (nSPS) is 22.2. The number of aliphatic hydroxyl groups excluding tert-OH is 1. The number of hydrogen-bond donors (Lipinski definition) is 2. The van der Waals surface area contributed by atoms with Gasteiger partial charge in [-0.2, -0.15) is 0 Å². The number of esters is 1. The molecular weight excluding hydrogens is 621 g/mol. The standard InChI is InChI=1S/C37H51Cl2N3O4/c1-10-12-13-21(11-2)29(43)28-32(40)41-33-30(26(31(39)42(33)34(28)44)22-14-16-23(38)17-15-22)46-35(45)27-24(36(4,5)6)18-20(3)19-25(27)37(7,8)9/h14-17,20-21,24-25,27,43H,10-13,18-19H2,1-9H3,(H2,40,41). The molecule has 2 heterocycles. The summed E-state index contributed by atoms with van der Waals surface area (Å²) in [6, 6.07) is 6.93. The molecule has 0 spiro atoms. The maximum absolute atomic E-state index is 14.6. The third kappa shape index (κ3) is 7.06. The molecule has 3 aromatic rings. The molecule has 0 amide bonds. The summed E-state index contributed by atoms with van der Waals surface area (Å²) in [4.78, 5) is 33.3. The number of nitrogens with zero attached hydrogens (tertiary/aromatic N) is 2. The van der Waals surface area contributed by atoms with Gasteiger partial charge in [-0.05, 0) is 72.0 Å². The Morgan fingerprint density at radius 2 is 1.63 bits per heavy atom. The number of nitrogens with two attached hydrogens (primary N) is 1. The molecule has 1 aliphatic rings. The maximum Gasteiger partial charge on any atom is 0.315 e. The van der Waals surface area contributed by atoms with Crippen molar-refractivity contribution < 1.29 is 14.6 Å². The van der Waals surface area contributed by atoms with Crippen molar-refractivity contribution >= 4 is 46.4 Å². The molecule has 0 saturated heterocycles. The first kappa shape index (κ1) is 36.1. The summed E-state index contributed by atoms with van der Waals surface area (Å²) < 4.78 is 7.62. The fourth-order valence-electron chi connectivity index (χ4n) is 7.40. The number of hydrogen-bond acceptors (Lipinski definition) is 6. The second kappa shape index (κ2) is 13.8. The van der Waals surface area contributed by atoms with Crippen molar-refractivity contribution in [2.75, 3.05) is 5.73 Å². The molecule has 0 radical (unpaired) electrons. The summed E-state index contributed by atoms with van der Waals surface area (Å²) in [5.74, 6) is -0.586. The van der Waals surface area contributed by atoms with Crippen LogP contribution in [-0.2, 0) is 4.79 Å². The highest BCUT2D eigenvalue weighted by molar-refractivity contribution is 6.34. The molecule has 0 bridgehead atoms. The molecule has 46 heavy (non-hydrogen) atoms. The zero-order chi connectivity index (χ0) is 34.3. The molecule has 1 aliphatic carbocycles. The lowest BCUT2D eigenvalue weighted by Gasteiger charge is -2.49. The molecule has 3 unspecified atom stereocenters. The van der Waals surface area contributed by atoms with Crippen LogP contribution in [0.1, 0.15) is 101 Å². The van der Waals surface area contributed by atoms with Gasteiger partial charge in [-0.15, -0.1) is 0 Å². The molecule has 7 nitrogen and oxygen atoms in total. The van der Waals surface area contributed by atoms with Crippen molar-refractivity contribution in [1.29, 1.82) is 0 Å². The molecule has 0 aliphatic heterocycles. The molecule has 9 heteroatoms. The Hall–Kier alpha value is -2.77. The Kier molecular flexibility index (Phi) is 10.8. The highest BCUT2D eigenvalue weighted by Crippen LogP contribution is 2.53. The fraction of sp³-hybridized carbons (Fsp3) is 0.595. The van der Waals surface area contributed by atoms with Crippen LogP contribution in [0.5, 0.6) is 5.75 Å². The van der Waals surface area contributed by atoms with Crippen LogP contribution in [0.15, 0.2) is 29.1 Å². The molecule has 1 saturated carbocycles. The zero-order valence-electron chi connectivity index (χ0n) is 28.8. The van der Waals surface area contributed by atoms with Crippen molar-refractivity contribution in [3.8, 4) is 16.9 Å². The summed E-state index contributed by atoms with van der Waals surface area (Å²) >= 11 is 13.2. The van der Waals surface area contributed by atoms with E-state index in [1.54, 1.807) is 24.3 Å². The summed E-state index contributed by atoms with van der Waals surface area (Å²) in [5.41, 5.74) is 6.50. The van der Waals surface area contributed by atoms with Crippen LogP contribution >= 0.6 is 23.2 Å². The molecule has 2 aromatic heterocycles. The number of carbonyl (C=O) groups excluding carboxylic acids is 1. The monoisotopic (exact) mass is 671 g/mol. The van der Waals surface area contributed by atoms with E-state index < -0.39 is 11.5 Å². The van der Waals surface area contributed by atoms with Gasteiger partial charge in [0.05, 0.1) is 11.5 Å². The van der Waals surface area contributed by atoms with E-state index in [0.717, 1.165) is 25.7 Å². The van der Waals surface area contributed by atoms with Crippen LogP contribution < -0.4 is 21.2 Å². The van der Waals surface area contributed by atoms with Crippen molar-refractivity contribution in [3.05, 3.63) is 50.0 Å². The largest absolute Gasteiger partial charge is 0.511 e. The number of benzene rings is 1. The zero-order valence-corrected chi connectivity index (χ0v) is 30.4. The van der Waals surface area contributed by atoms with E-state index in [1.807, 2.05) is 6.92 Å². The van der Waals surface area contributed by atoms with Gasteiger partial charge in [0.15, 0.2) is 11.4 Å². The Labute approximate surface area is 283 Å². The van der Waals surface area contributed by atoms with Crippen LogP contribution in [-0.4, -0.2) is 20.5 Å². The molecular formula is C37H51Cl2N3O4. The van der Waals surface area contributed by atoms with E-state index in [1.165, 1.54) is 4.40 Å². The first-order valence-corrected chi connectivity index (χ1v) is 17.4. The van der Waals surface area contributed by atoms with Gasteiger partial charge in [-0.3, -0.25) is 9.59 Å². The summed E-state index contributed by atoms with van der Waals surface area (Å²) in [6.07, 6.45) is 4.99. The van der Waals surface area contributed by atoms with Crippen LogP contribution in [0.2, 0.25) is 10.2 Å². The number of unbranched alkanes of at least 4 members (excludes halogenated alkanes) is 1. The third-order valence-electron chi connectivity index (χ3n) is 10.00. The van der Waals surface area contributed by atoms with Crippen LogP contribution in [0.3, 0.4) is 0 Å². The molecule has 4 rings (SSSR count). The number of ether oxygens (including phenoxy) is 1. The van der Waals surface area contributed by atoms with Gasteiger partial charge in [-0.1, -0.05) is 110 Å². The Balaban J connectivity index is 1.99. The number of fused-ring (bicyclic) bond motifs is 1. The third-order valence-corrected chi connectivity index (χ3v) is 10.6. The average molecular weight is 673 g/mol. The maximum atomic E-state index is 14.6. The first-order valence-electron chi connectivity index (χ1n) is 16.7. The Bertz CT molecular complexity index is 1660. The minimum Gasteiger partial charge on any atom is -0.511 e. The second-order valence-electron chi connectivity index (χ2n) is 15.4. The number of nitrogen functional groups attached to an aromatic ring is 1. The smallest absolute Gasteiger partial charge is 0.315 e. The number of anilines is 1.